The zero-order valence-electron chi connectivity index (χ0n) is 14.4. The lowest BCUT2D eigenvalue weighted by atomic mass is 10.2. The number of carbonyl (C=O) groups is 1. The van der Waals surface area contributed by atoms with E-state index in [1.807, 2.05) is 6.07 Å². The molecule has 27 heavy (non-hydrogen) atoms. The number of ether oxygens (including phenoxy) is 2. The van der Waals surface area contributed by atoms with Crippen LogP contribution in [0.2, 0.25) is 0 Å². The van der Waals surface area contributed by atoms with Gasteiger partial charge in [0.15, 0.2) is 11.5 Å². The second-order valence-corrected chi connectivity index (χ2v) is 7.81. The van der Waals surface area contributed by atoms with Crippen LogP contribution >= 0.6 is 0 Å². The van der Waals surface area contributed by atoms with Crippen molar-refractivity contribution in [2.24, 2.45) is 4.99 Å². The number of amidine groups is 1. The fraction of sp³-hybridized carbons (Fsp3) is 0.222. The van der Waals surface area contributed by atoms with Crippen LogP contribution in [0.5, 0.6) is 11.5 Å². The Morgan fingerprint density at radius 3 is 2.85 bits per heavy atom. The maximum absolute atomic E-state index is 12.4. The number of hydrogen-bond donors (Lipinski definition) is 2. The predicted octanol–water partition coefficient (Wildman–Crippen LogP) is 1.16. The zero-order chi connectivity index (χ0) is 19.0. The lowest BCUT2D eigenvalue weighted by molar-refractivity contribution is -0.122. The summed E-state index contributed by atoms with van der Waals surface area (Å²) in [7, 11) is -3.63. The van der Waals surface area contributed by atoms with Gasteiger partial charge in [-0.15, -0.1) is 0 Å². The Labute approximate surface area is 156 Å². The highest BCUT2D eigenvalue weighted by molar-refractivity contribution is 7.90. The maximum Gasteiger partial charge on any atom is 0.263 e. The van der Waals surface area contributed by atoms with Gasteiger partial charge in [-0.05, 0) is 36.8 Å². The minimum Gasteiger partial charge on any atom is -0.454 e. The number of hydrogen-bond acceptors (Lipinski definition) is 6. The summed E-state index contributed by atoms with van der Waals surface area (Å²) in [6.45, 7) is 2.10. The minimum atomic E-state index is -3.63. The van der Waals surface area contributed by atoms with Crippen LogP contribution in [0.15, 0.2) is 52.4 Å². The quantitative estimate of drug-likeness (QED) is 0.819. The molecule has 2 aliphatic rings. The standard InChI is InChI=1S/C18H17N3O5S/c1-11(20-17-13-4-2-3-5-16(13)27(23,24)21-17)18(22)19-9-12-6-7-14-15(8-12)26-10-25-14/h2-8,11H,9-10H2,1H3,(H,19,22)(H,20,21)/t11-/m1/s1. The summed E-state index contributed by atoms with van der Waals surface area (Å²) in [5.74, 6) is 1.18. The molecule has 0 radical (unpaired) electrons. The van der Waals surface area contributed by atoms with Gasteiger partial charge in [-0.2, -0.15) is 0 Å². The average Bonchev–Trinajstić information content (AvgIpc) is 3.22. The van der Waals surface area contributed by atoms with Gasteiger partial charge in [0.2, 0.25) is 12.7 Å². The third kappa shape index (κ3) is 3.33. The summed E-state index contributed by atoms with van der Waals surface area (Å²) in [6, 6.07) is 11.2. The average molecular weight is 387 g/mol. The van der Waals surface area contributed by atoms with Crippen molar-refractivity contribution in [3.8, 4) is 11.5 Å². The van der Waals surface area contributed by atoms with Gasteiger partial charge in [0.1, 0.15) is 11.9 Å². The summed E-state index contributed by atoms with van der Waals surface area (Å²) < 4.78 is 37.2. The molecule has 2 aromatic rings. The lowest BCUT2D eigenvalue weighted by Gasteiger charge is -2.10. The Kier molecular flexibility index (Phi) is 4.23. The van der Waals surface area contributed by atoms with Crippen LogP contribution in [-0.4, -0.2) is 33.0 Å². The van der Waals surface area contributed by atoms with Crippen molar-refractivity contribution in [3.63, 3.8) is 0 Å². The molecule has 0 spiro atoms. The van der Waals surface area contributed by atoms with Crippen LogP contribution in [0.25, 0.3) is 0 Å². The molecule has 140 valence electrons. The molecule has 8 nitrogen and oxygen atoms in total. The Morgan fingerprint density at radius 2 is 2.00 bits per heavy atom. The van der Waals surface area contributed by atoms with Crippen molar-refractivity contribution in [2.45, 2.75) is 24.4 Å². The van der Waals surface area contributed by atoms with Gasteiger partial charge >= 0.3 is 0 Å². The fourth-order valence-corrected chi connectivity index (χ4v) is 4.11. The maximum atomic E-state index is 12.4. The first kappa shape index (κ1) is 17.3. The van der Waals surface area contributed by atoms with Gasteiger partial charge < -0.3 is 14.8 Å². The molecule has 2 aromatic carbocycles. The molecule has 0 saturated carbocycles. The van der Waals surface area contributed by atoms with Gasteiger partial charge in [0, 0.05) is 12.1 Å². The molecule has 1 atom stereocenters. The Morgan fingerprint density at radius 1 is 1.22 bits per heavy atom. The third-order valence-corrected chi connectivity index (χ3v) is 5.67. The van der Waals surface area contributed by atoms with Crippen molar-refractivity contribution in [1.82, 2.24) is 10.0 Å². The van der Waals surface area contributed by atoms with E-state index in [9.17, 15) is 13.2 Å². The number of nitrogens with one attached hydrogen (secondary N) is 2. The number of sulfonamides is 1. The van der Waals surface area contributed by atoms with Crippen LogP contribution in [0.4, 0.5) is 0 Å². The highest BCUT2D eigenvalue weighted by atomic mass is 32.2. The van der Waals surface area contributed by atoms with Crippen molar-refractivity contribution in [3.05, 3.63) is 53.6 Å². The summed E-state index contributed by atoms with van der Waals surface area (Å²) in [5, 5.41) is 2.79. The Hall–Kier alpha value is -3.07. The second-order valence-electron chi connectivity index (χ2n) is 6.16. The molecule has 1 amide bonds. The van der Waals surface area contributed by atoms with Gasteiger partial charge in [-0.3, -0.25) is 14.5 Å². The number of benzene rings is 2. The second kappa shape index (κ2) is 6.58. The van der Waals surface area contributed by atoms with E-state index >= 15 is 0 Å². The molecule has 9 heteroatoms. The van der Waals surface area contributed by atoms with E-state index in [4.69, 9.17) is 9.47 Å². The number of nitrogens with zero attached hydrogens (tertiary/aromatic N) is 1. The molecule has 0 aliphatic carbocycles. The number of aliphatic imine (C=N–C) groups is 1. The van der Waals surface area contributed by atoms with Gasteiger partial charge in [-0.1, -0.05) is 18.2 Å². The number of fused-ring (bicyclic) bond motifs is 2. The number of carbonyl (C=O) groups excluding carboxylic acids is 1. The zero-order valence-corrected chi connectivity index (χ0v) is 15.2. The topological polar surface area (TPSA) is 106 Å². The largest absolute Gasteiger partial charge is 0.454 e. The molecule has 0 unspecified atom stereocenters. The van der Waals surface area contributed by atoms with Gasteiger partial charge in [0.05, 0.1) is 4.90 Å². The van der Waals surface area contributed by atoms with Crippen LogP contribution < -0.4 is 19.5 Å². The van der Waals surface area contributed by atoms with Gasteiger partial charge in [0.25, 0.3) is 10.0 Å². The van der Waals surface area contributed by atoms with Gasteiger partial charge in [-0.25, -0.2) is 8.42 Å². The molecular weight excluding hydrogens is 370 g/mol. The molecule has 4 rings (SSSR count). The van der Waals surface area contributed by atoms with Crippen molar-refractivity contribution in [2.75, 3.05) is 6.79 Å². The Balaban J connectivity index is 1.45. The highest BCUT2D eigenvalue weighted by Crippen LogP contribution is 2.32. The third-order valence-electron chi connectivity index (χ3n) is 4.27. The van der Waals surface area contributed by atoms with Crippen LogP contribution in [0.3, 0.4) is 0 Å². The van der Waals surface area contributed by atoms with E-state index in [0.29, 0.717) is 23.6 Å². The minimum absolute atomic E-state index is 0.164. The van der Waals surface area contributed by atoms with E-state index in [2.05, 4.69) is 15.0 Å². The number of rotatable bonds is 4. The molecule has 2 N–H and O–H groups in total. The van der Waals surface area contributed by atoms with E-state index < -0.39 is 16.1 Å². The summed E-state index contributed by atoms with van der Waals surface area (Å²) in [6.07, 6.45) is 0. The van der Waals surface area contributed by atoms with Crippen LogP contribution in [0, 0.1) is 0 Å². The molecule has 0 saturated heterocycles. The molecule has 0 fully saturated rings. The molecular formula is C18H17N3O5S. The summed E-state index contributed by atoms with van der Waals surface area (Å²) in [5.41, 5.74) is 1.33. The first-order valence-electron chi connectivity index (χ1n) is 8.30. The summed E-state index contributed by atoms with van der Waals surface area (Å²) in [4.78, 5) is 16.8. The number of amides is 1. The molecule has 0 bridgehead atoms. The highest BCUT2D eigenvalue weighted by Gasteiger charge is 2.31. The first-order chi connectivity index (χ1) is 12.9. The van der Waals surface area contributed by atoms with Crippen molar-refractivity contribution in [1.29, 1.82) is 0 Å². The normalized spacial score (nSPS) is 18.6. The molecule has 2 heterocycles. The predicted molar refractivity (Wildman–Crippen MR) is 97.2 cm³/mol. The van der Waals surface area contributed by atoms with Crippen molar-refractivity contribution < 1.29 is 22.7 Å². The summed E-state index contributed by atoms with van der Waals surface area (Å²) >= 11 is 0. The first-order valence-corrected chi connectivity index (χ1v) is 9.78. The lowest BCUT2D eigenvalue weighted by Crippen LogP contribution is -2.33. The van der Waals surface area contributed by atoms with Crippen molar-refractivity contribution >= 4 is 21.8 Å². The molecule has 2 aliphatic heterocycles. The fourth-order valence-electron chi connectivity index (χ4n) is 2.87. The van der Waals surface area contributed by atoms with E-state index in [0.717, 1.165) is 5.56 Å². The SMILES string of the molecule is C[C@@H](N=C1NS(=O)(=O)c2ccccc21)C(=O)NCc1ccc2c(c1)OCO2. The van der Waals surface area contributed by atoms with E-state index in [-0.39, 0.29) is 23.4 Å². The molecule has 0 aromatic heterocycles. The smallest absolute Gasteiger partial charge is 0.263 e. The van der Waals surface area contributed by atoms with E-state index in [1.54, 1.807) is 37.3 Å². The van der Waals surface area contributed by atoms with E-state index in [1.165, 1.54) is 6.07 Å². The van der Waals surface area contributed by atoms with Crippen LogP contribution in [0.1, 0.15) is 18.1 Å². The monoisotopic (exact) mass is 387 g/mol. The Bertz CT molecular complexity index is 1050. The van der Waals surface area contributed by atoms with Crippen LogP contribution in [-0.2, 0) is 21.4 Å².